The first-order valence-corrected chi connectivity index (χ1v) is 11.4. The fourth-order valence-electron chi connectivity index (χ4n) is 4.26. The molecule has 1 atom stereocenters. The Bertz CT molecular complexity index is 1370. The number of nitrogens with one attached hydrogen (secondary N) is 1. The van der Waals surface area contributed by atoms with E-state index >= 15 is 0 Å². The van der Waals surface area contributed by atoms with E-state index in [9.17, 15) is 14.7 Å². The van der Waals surface area contributed by atoms with E-state index in [0.29, 0.717) is 17.0 Å². The van der Waals surface area contributed by atoms with Gasteiger partial charge in [-0.2, -0.15) is 0 Å². The zero-order valence-corrected chi connectivity index (χ0v) is 19.1. The number of hydrogen-bond acceptors (Lipinski definition) is 5. The zero-order chi connectivity index (χ0) is 24.4. The third kappa shape index (κ3) is 4.22. The lowest BCUT2D eigenvalue weighted by Crippen LogP contribution is -2.29. The van der Waals surface area contributed by atoms with Gasteiger partial charge < -0.3 is 14.8 Å². The Balaban J connectivity index is 1.54. The Labute approximate surface area is 203 Å². The van der Waals surface area contributed by atoms with Crippen LogP contribution in [-0.2, 0) is 16.0 Å². The van der Waals surface area contributed by atoms with Gasteiger partial charge >= 0.3 is 0 Å². The Morgan fingerprint density at radius 2 is 1.57 bits per heavy atom. The van der Waals surface area contributed by atoms with E-state index in [2.05, 4.69) is 5.32 Å². The molecule has 2 N–H and O–H groups in total. The zero-order valence-electron chi connectivity index (χ0n) is 19.1. The van der Waals surface area contributed by atoms with Crippen LogP contribution in [0.15, 0.2) is 107 Å². The number of hydrogen-bond donors (Lipinski definition) is 2. The molecule has 5 rings (SSSR count). The molecule has 1 unspecified atom stereocenters. The van der Waals surface area contributed by atoms with Crippen LogP contribution in [0.1, 0.15) is 29.9 Å². The van der Waals surface area contributed by atoms with Crippen LogP contribution in [0.2, 0.25) is 0 Å². The molecular weight excluding hydrogens is 440 g/mol. The van der Waals surface area contributed by atoms with Gasteiger partial charge in [0.2, 0.25) is 0 Å². The molecular formula is C29H24N2O4. The normalized spacial score (nSPS) is 17.1. The van der Waals surface area contributed by atoms with Crippen LogP contribution < -0.4 is 10.2 Å². The fraction of sp³-hybridized carbons (Fsp3) is 0.103. The van der Waals surface area contributed by atoms with E-state index in [1.807, 2.05) is 61.5 Å². The first kappa shape index (κ1) is 22.2. The van der Waals surface area contributed by atoms with Gasteiger partial charge in [-0.3, -0.25) is 14.5 Å². The smallest absolute Gasteiger partial charge is 0.300 e. The Hall–Kier alpha value is -4.58. The van der Waals surface area contributed by atoms with Crippen molar-refractivity contribution in [1.82, 2.24) is 0 Å². The van der Waals surface area contributed by atoms with Crippen LogP contribution in [0.5, 0.6) is 0 Å². The largest absolute Gasteiger partial charge is 0.507 e. The molecule has 174 valence electrons. The maximum Gasteiger partial charge on any atom is 0.300 e. The minimum absolute atomic E-state index is 0.000635. The minimum atomic E-state index is -0.885. The van der Waals surface area contributed by atoms with Gasteiger partial charge in [0.25, 0.3) is 11.7 Å². The SMILES string of the molecule is CCc1ccc(/C(O)=C2/C(=O)C(=O)N(c3ccc(Nc4ccccc4)cc3)C2c2ccco2)cc1. The average molecular weight is 465 g/mol. The number of benzene rings is 3. The van der Waals surface area contributed by atoms with Crippen molar-refractivity contribution in [2.75, 3.05) is 10.2 Å². The van der Waals surface area contributed by atoms with Crippen LogP contribution in [0.25, 0.3) is 5.76 Å². The molecule has 0 spiro atoms. The summed E-state index contributed by atoms with van der Waals surface area (Å²) in [4.78, 5) is 27.8. The number of carbonyl (C=O) groups excluding carboxylic acids is 2. The monoisotopic (exact) mass is 464 g/mol. The summed E-state index contributed by atoms with van der Waals surface area (Å²) in [5.74, 6) is -1.31. The molecule has 1 aromatic heterocycles. The summed E-state index contributed by atoms with van der Waals surface area (Å²) in [6.45, 7) is 2.04. The third-order valence-electron chi connectivity index (χ3n) is 6.10. The van der Waals surface area contributed by atoms with E-state index in [0.717, 1.165) is 23.4 Å². The maximum atomic E-state index is 13.2. The van der Waals surface area contributed by atoms with Crippen molar-refractivity contribution in [3.8, 4) is 0 Å². The lowest BCUT2D eigenvalue weighted by molar-refractivity contribution is -0.132. The number of aliphatic hydroxyl groups excluding tert-OH is 1. The number of ketones is 1. The molecule has 0 aliphatic carbocycles. The van der Waals surface area contributed by atoms with Crippen LogP contribution in [0.4, 0.5) is 17.1 Å². The predicted molar refractivity (Wildman–Crippen MR) is 135 cm³/mol. The molecule has 35 heavy (non-hydrogen) atoms. The van der Waals surface area contributed by atoms with Crippen molar-refractivity contribution in [1.29, 1.82) is 0 Å². The number of rotatable bonds is 6. The standard InChI is InChI=1S/C29H24N2O4/c1-2-19-10-12-20(13-11-19)27(32)25-26(24-9-6-18-35-24)31(29(34)28(25)33)23-16-14-22(15-17-23)30-21-7-4-3-5-8-21/h3-18,26,30,32H,2H2,1H3/b27-25-. The molecule has 0 radical (unpaired) electrons. The summed E-state index contributed by atoms with van der Waals surface area (Å²) < 4.78 is 5.62. The van der Waals surface area contributed by atoms with Gasteiger partial charge in [0.05, 0.1) is 11.8 Å². The highest BCUT2D eigenvalue weighted by Gasteiger charge is 2.48. The van der Waals surface area contributed by atoms with Gasteiger partial charge in [-0.25, -0.2) is 0 Å². The quantitative estimate of drug-likeness (QED) is 0.201. The molecule has 0 saturated carbocycles. The summed E-state index contributed by atoms with van der Waals surface area (Å²) >= 11 is 0. The van der Waals surface area contributed by atoms with Gasteiger partial charge in [0, 0.05) is 22.6 Å². The van der Waals surface area contributed by atoms with Crippen molar-refractivity contribution in [2.24, 2.45) is 0 Å². The molecule has 0 bridgehead atoms. The van der Waals surface area contributed by atoms with Crippen molar-refractivity contribution in [3.63, 3.8) is 0 Å². The van der Waals surface area contributed by atoms with E-state index in [1.165, 1.54) is 11.2 Å². The number of furan rings is 1. The summed E-state index contributed by atoms with van der Waals surface area (Å²) in [6, 6.07) is 26.7. The second-order valence-electron chi connectivity index (χ2n) is 8.27. The molecule has 1 saturated heterocycles. The van der Waals surface area contributed by atoms with E-state index < -0.39 is 17.7 Å². The van der Waals surface area contributed by atoms with Gasteiger partial charge in [-0.1, -0.05) is 49.4 Å². The number of Topliss-reactive ketones (excluding diaryl/α,β-unsaturated/α-hetero) is 1. The van der Waals surface area contributed by atoms with E-state index in [4.69, 9.17) is 4.42 Å². The van der Waals surface area contributed by atoms with Crippen molar-refractivity contribution >= 4 is 34.5 Å². The highest BCUT2D eigenvalue weighted by atomic mass is 16.3. The minimum Gasteiger partial charge on any atom is -0.507 e. The predicted octanol–water partition coefficient (Wildman–Crippen LogP) is 6.21. The molecule has 6 nitrogen and oxygen atoms in total. The second kappa shape index (κ2) is 9.35. The Morgan fingerprint density at radius 3 is 2.20 bits per heavy atom. The Kier molecular flexibility index (Phi) is 5.94. The number of amides is 1. The molecule has 1 aliphatic rings. The Morgan fingerprint density at radius 1 is 0.886 bits per heavy atom. The number of aryl methyl sites for hydroxylation is 1. The summed E-state index contributed by atoms with van der Waals surface area (Å²) in [7, 11) is 0. The summed E-state index contributed by atoms with van der Waals surface area (Å²) in [6.07, 6.45) is 2.34. The van der Waals surface area contributed by atoms with Crippen LogP contribution in [0, 0.1) is 0 Å². The highest BCUT2D eigenvalue weighted by Crippen LogP contribution is 2.42. The molecule has 1 amide bonds. The van der Waals surface area contributed by atoms with Crippen molar-refractivity contribution in [3.05, 3.63) is 120 Å². The van der Waals surface area contributed by atoms with Crippen molar-refractivity contribution in [2.45, 2.75) is 19.4 Å². The highest BCUT2D eigenvalue weighted by molar-refractivity contribution is 6.51. The average Bonchev–Trinajstić information content (AvgIpc) is 3.52. The number of carbonyl (C=O) groups is 2. The molecule has 4 aromatic rings. The van der Waals surface area contributed by atoms with Gasteiger partial charge in [-0.05, 0) is 60.5 Å². The van der Waals surface area contributed by atoms with Crippen LogP contribution in [-0.4, -0.2) is 16.8 Å². The topological polar surface area (TPSA) is 82.8 Å². The lowest BCUT2D eigenvalue weighted by atomic mass is 9.98. The number of para-hydroxylation sites is 1. The lowest BCUT2D eigenvalue weighted by Gasteiger charge is -2.23. The molecule has 1 aliphatic heterocycles. The maximum absolute atomic E-state index is 13.2. The molecule has 1 fully saturated rings. The third-order valence-corrected chi connectivity index (χ3v) is 6.10. The van der Waals surface area contributed by atoms with Crippen LogP contribution in [0.3, 0.4) is 0 Å². The van der Waals surface area contributed by atoms with Crippen molar-refractivity contribution < 1.29 is 19.1 Å². The number of aliphatic hydroxyl groups is 1. The van der Waals surface area contributed by atoms with Gasteiger partial charge in [-0.15, -0.1) is 0 Å². The number of anilines is 3. The first-order valence-electron chi connectivity index (χ1n) is 11.4. The second-order valence-corrected chi connectivity index (χ2v) is 8.27. The van der Waals surface area contributed by atoms with Gasteiger partial charge in [0.15, 0.2) is 0 Å². The summed E-state index contributed by atoms with van der Waals surface area (Å²) in [5.41, 5.74) is 3.87. The fourth-order valence-corrected chi connectivity index (χ4v) is 4.26. The summed E-state index contributed by atoms with van der Waals surface area (Å²) in [5, 5.41) is 14.4. The van der Waals surface area contributed by atoms with Crippen LogP contribution >= 0.6 is 0 Å². The molecule has 6 heteroatoms. The first-order chi connectivity index (χ1) is 17.1. The van der Waals surface area contributed by atoms with E-state index in [1.54, 1.807) is 36.4 Å². The molecule has 3 aromatic carbocycles. The number of nitrogens with zero attached hydrogens (tertiary/aromatic N) is 1. The van der Waals surface area contributed by atoms with Gasteiger partial charge in [0.1, 0.15) is 17.6 Å². The molecule has 2 heterocycles. The van der Waals surface area contributed by atoms with E-state index in [-0.39, 0.29) is 11.3 Å².